The summed E-state index contributed by atoms with van der Waals surface area (Å²) in [5.74, 6) is 0. The summed E-state index contributed by atoms with van der Waals surface area (Å²) >= 11 is 0. The average molecular weight is 239 g/mol. The minimum atomic E-state index is 0.191. The van der Waals surface area contributed by atoms with Crippen molar-refractivity contribution in [1.29, 1.82) is 0 Å². The molecule has 0 fully saturated rings. The molecule has 1 heteroatoms. The number of aryl methyl sites for hydroxylation is 1. The van der Waals surface area contributed by atoms with E-state index in [-0.39, 0.29) is 5.41 Å². The van der Waals surface area contributed by atoms with E-state index in [0.29, 0.717) is 0 Å². The van der Waals surface area contributed by atoms with Crippen molar-refractivity contribution in [2.45, 2.75) is 33.1 Å². The van der Waals surface area contributed by atoms with Gasteiger partial charge in [-0.2, -0.15) is 0 Å². The number of benzene rings is 2. The predicted octanol–water partition coefficient (Wildman–Crippen LogP) is 4.54. The van der Waals surface area contributed by atoms with E-state index in [9.17, 15) is 0 Å². The summed E-state index contributed by atoms with van der Waals surface area (Å²) in [6, 6.07) is 14.9. The van der Waals surface area contributed by atoms with Gasteiger partial charge in [0.15, 0.2) is 0 Å². The van der Waals surface area contributed by atoms with Crippen molar-refractivity contribution in [2.75, 3.05) is 5.73 Å². The van der Waals surface area contributed by atoms with Crippen molar-refractivity contribution in [2.24, 2.45) is 0 Å². The molecule has 0 aliphatic carbocycles. The van der Waals surface area contributed by atoms with E-state index in [0.717, 1.165) is 11.3 Å². The van der Waals surface area contributed by atoms with E-state index in [2.05, 4.69) is 58.0 Å². The maximum absolute atomic E-state index is 6.05. The van der Waals surface area contributed by atoms with E-state index in [4.69, 9.17) is 5.73 Å². The highest BCUT2D eigenvalue weighted by atomic mass is 14.6. The maximum atomic E-state index is 6.05. The van der Waals surface area contributed by atoms with Crippen molar-refractivity contribution < 1.29 is 0 Å². The lowest BCUT2D eigenvalue weighted by Crippen LogP contribution is -2.10. The van der Waals surface area contributed by atoms with Gasteiger partial charge < -0.3 is 5.73 Å². The summed E-state index contributed by atoms with van der Waals surface area (Å²) < 4.78 is 0. The highest BCUT2D eigenvalue weighted by molar-refractivity contribution is 5.77. The van der Waals surface area contributed by atoms with E-state index in [1.807, 2.05) is 12.1 Å². The van der Waals surface area contributed by atoms with Gasteiger partial charge in [-0.1, -0.05) is 56.7 Å². The van der Waals surface area contributed by atoms with Crippen LogP contribution in [-0.4, -0.2) is 0 Å². The lowest BCUT2D eigenvalue weighted by molar-refractivity contribution is 0.590. The number of nitrogen functional groups attached to an aromatic ring is 1. The van der Waals surface area contributed by atoms with E-state index >= 15 is 0 Å². The lowest BCUT2D eigenvalue weighted by Gasteiger charge is -2.19. The Balaban J connectivity index is 2.43. The normalized spacial score (nSPS) is 11.6. The molecule has 0 saturated carbocycles. The van der Waals surface area contributed by atoms with Crippen LogP contribution >= 0.6 is 0 Å². The van der Waals surface area contributed by atoms with Crippen LogP contribution in [-0.2, 0) is 5.41 Å². The number of anilines is 1. The van der Waals surface area contributed by atoms with Gasteiger partial charge in [-0.05, 0) is 35.6 Å². The highest BCUT2D eigenvalue weighted by Gasteiger charge is 2.13. The summed E-state index contributed by atoms with van der Waals surface area (Å²) in [6.07, 6.45) is 0. The standard InChI is InChI=1S/C17H21N/c1-12-5-10-16(18)15(11-12)13-6-8-14(9-7-13)17(2,3)4/h5-11H,18H2,1-4H3. The minimum Gasteiger partial charge on any atom is -0.398 e. The molecule has 0 aromatic heterocycles. The summed E-state index contributed by atoms with van der Waals surface area (Å²) in [6.45, 7) is 8.77. The molecule has 2 rings (SSSR count). The van der Waals surface area contributed by atoms with Gasteiger partial charge in [0.1, 0.15) is 0 Å². The molecule has 94 valence electrons. The van der Waals surface area contributed by atoms with Crippen LogP contribution in [0, 0.1) is 6.92 Å². The van der Waals surface area contributed by atoms with Crippen LogP contribution in [0.5, 0.6) is 0 Å². The van der Waals surface area contributed by atoms with E-state index in [1.165, 1.54) is 16.7 Å². The summed E-state index contributed by atoms with van der Waals surface area (Å²) in [5.41, 5.74) is 12.0. The monoisotopic (exact) mass is 239 g/mol. The van der Waals surface area contributed by atoms with Gasteiger partial charge in [-0.25, -0.2) is 0 Å². The fourth-order valence-corrected chi connectivity index (χ4v) is 2.07. The van der Waals surface area contributed by atoms with Gasteiger partial charge in [0.2, 0.25) is 0 Å². The second kappa shape index (κ2) is 4.49. The summed E-state index contributed by atoms with van der Waals surface area (Å²) in [4.78, 5) is 0. The van der Waals surface area contributed by atoms with Crippen LogP contribution in [0.25, 0.3) is 11.1 Å². The first-order valence-electron chi connectivity index (χ1n) is 6.35. The van der Waals surface area contributed by atoms with Gasteiger partial charge in [-0.15, -0.1) is 0 Å². The Morgan fingerprint density at radius 3 is 2.06 bits per heavy atom. The first-order valence-corrected chi connectivity index (χ1v) is 6.35. The molecule has 0 unspecified atom stereocenters. The number of hydrogen-bond donors (Lipinski definition) is 1. The van der Waals surface area contributed by atoms with Crippen molar-refractivity contribution >= 4 is 5.69 Å². The fraction of sp³-hybridized carbons (Fsp3) is 0.294. The molecular formula is C17H21N. The zero-order valence-electron chi connectivity index (χ0n) is 11.6. The molecule has 0 aliphatic heterocycles. The Labute approximate surface area is 110 Å². The van der Waals surface area contributed by atoms with Gasteiger partial charge in [0.25, 0.3) is 0 Å². The molecule has 0 heterocycles. The van der Waals surface area contributed by atoms with Crippen molar-refractivity contribution in [3.8, 4) is 11.1 Å². The Bertz CT molecular complexity index is 545. The number of rotatable bonds is 1. The molecule has 0 aliphatic rings. The molecule has 0 radical (unpaired) electrons. The van der Waals surface area contributed by atoms with Crippen LogP contribution in [0.3, 0.4) is 0 Å². The van der Waals surface area contributed by atoms with Crippen molar-refractivity contribution in [1.82, 2.24) is 0 Å². The zero-order valence-corrected chi connectivity index (χ0v) is 11.6. The van der Waals surface area contributed by atoms with Gasteiger partial charge in [0.05, 0.1) is 0 Å². The molecule has 0 bridgehead atoms. The summed E-state index contributed by atoms with van der Waals surface area (Å²) in [7, 11) is 0. The quantitative estimate of drug-likeness (QED) is 0.726. The molecule has 0 spiro atoms. The van der Waals surface area contributed by atoms with E-state index < -0.39 is 0 Å². The van der Waals surface area contributed by atoms with Crippen molar-refractivity contribution in [3.63, 3.8) is 0 Å². The summed E-state index contributed by atoms with van der Waals surface area (Å²) in [5, 5.41) is 0. The van der Waals surface area contributed by atoms with Crippen LogP contribution in [0.15, 0.2) is 42.5 Å². The zero-order chi connectivity index (χ0) is 13.3. The molecule has 1 nitrogen and oxygen atoms in total. The first-order chi connectivity index (χ1) is 8.38. The molecular weight excluding hydrogens is 218 g/mol. The second-order valence-corrected chi connectivity index (χ2v) is 5.92. The lowest BCUT2D eigenvalue weighted by atomic mass is 9.86. The topological polar surface area (TPSA) is 26.0 Å². The fourth-order valence-electron chi connectivity index (χ4n) is 2.07. The molecule has 0 amide bonds. The Morgan fingerprint density at radius 2 is 1.50 bits per heavy atom. The molecule has 0 atom stereocenters. The molecule has 18 heavy (non-hydrogen) atoms. The van der Waals surface area contributed by atoms with Crippen LogP contribution < -0.4 is 5.73 Å². The van der Waals surface area contributed by atoms with Crippen LogP contribution in [0.1, 0.15) is 31.9 Å². The number of nitrogens with two attached hydrogens (primary N) is 1. The SMILES string of the molecule is Cc1ccc(N)c(-c2ccc(C(C)(C)C)cc2)c1. The smallest absolute Gasteiger partial charge is 0.0393 e. The third-order valence-corrected chi connectivity index (χ3v) is 3.27. The van der Waals surface area contributed by atoms with Gasteiger partial charge >= 0.3 is 0 Å². The molecule has 2 N–H and O–H groups in total. The third kappa shape index (κ3) is 2.56. The molecule has 2 aromatic rings. The molecule has 2 aromatic carbocycles. The Kier molecular flexibility index (Phi) is 3.16. The van der Waals surface area contributed by atoms with Gasteiger partial charge in [-0.3, -0.25) is 0 Å². The third-order valence-electron chi connectivity index (χ3n) is 3.27. The van der Waals surface area contributed by atoms with Crippen LogP contribution in [0.2, 0.25) is 0 Å². The van der Waals surface area contributed by atoms with E-state index in [1.54, 1.807) is 0 Å². The Morgan fingerprint density at radius 1 is 0.889 bits per heavy atom. The second-order valence-electron chi connectivity index (χ2n) is 5.92. The van der Waals surface area contributed by atoms with Gasteiger partial charge in [0, 0.05) is 11.3 Å². The van der Waals surface area contributed by atoms with Crippen LogP contribution in [0.4, 0.5) is 5.69 Å². The first kappa shape index (κ1) is 12.7. The van der Waals surface area contributed by atoms with Crippen molar-refractivity contribution in [3.05, 3.63) is 53.6 Å². The average Bonchev–Trinajstić information content (AvgIpc) is 2.31. The highest BCUT2D eigenvalue weighted by Crippen LogP contribution is 2.29. The Hall–Kier alpha value is -1.76. The predicted molar refractivity (Wildman–Crippen MR) is 79.7 cm³/mol. The largest absolute Gasteiger partial charge is 0.398 e. The maximum Gasteiger partial charge on any atom is 0.0393 e. The molecule has 0 saturated heterocycles. The minimum absolute atomic E-state index is 0.191. The number of hydrogen-bond acceptors (Lipinski definition) is 1.